The van der Waals surface area contributed by atoms with E-state index in [0.29, 0.717) is 12.0 Å². The van der Waals surface area contributed by atoms with Crippen molar-refractivity contribution in [3.8, 4) is 5.75 Å². The highest BCUT2D eigenvalue weighted by atomic mass is 16.5. The predicted octanol–water partition coefficient (Wildman–Crippen LogP) is 3.39. The van der Waals surface area contributed by atoms with E-state index in [4.69, 9.17) is 4.74 Å². The summed E-state index contributed by atoms with van der Waals surface area (Å²) in [6.45, 7) is 8.53. The summed E-state index contributed by atoms with van der Waals surface area (Å²) in [7, 11) is 2.00. The Morgan fingerprint density at radius 3 is 2.31 bits per heavy atom. The maximum Gasteiger partial charge on any atom is 0.120 e. The second kappa shape index (κ2) is 5.90. The van der Waals surface area contributed by atoms with Crippen molar-refractivity contribution in [2.45, 2.75) is 39.8 Å². The second-order valence-electron chi connectivity index (χ2n) is 4.75. The largest absolute Gasteiger partial charge is 0.491 e. The van der Waals surface area contributed by atoms with Gasteiger partial charge in [-0.3, -0.25) is 0 Å². The molecular formula is C14H23NO. The van der Waals surface area contributed by atoms with Gasteiger partial charge >= 0.3 is 0 Å². The van der Waals surface area contributed by atoms with E-state index in [1.165, 1.54) is 5.56 Å². The third-order valence-corrected chi connectivity index (χ3v) is 2.57. The molecule has 0 aliphatic carbocycles. The lowest BCUT2D eigenvalue weighted by atomic mass is 9.96. The number of hydrogen-bond acceptors (Lipinski definition) is 2. The van der Waals surface area contributed by atoms with Gasteiger partial charge in [0.05, 0.1) is 6.10 Å². The average molecular weight is 221 g/mol. The van der Waals surface area contributed by atoms with Gasteiger partial charge in [0.25, 0.3) is 0 Å². The van der Waals surface area contributed by atoms with Crippen molar-refractivity contribution in [2.75, 3.05) is 7.05 Å². The number of nitrogens with one attached hydrogen (secondary N) is 1. The Balaban J connectivity index is 2.88. The summed E-state index contributed by atoms with van der Waals surface area (Å²) >= 11 is 0. The summed E-state index contributed by atoms with van der Waals surface area (Å²) in [5, 5.41) is 3.34. The fraction of sp³-hybridized carbons (Fsp3) is 0.571. The van der Waals surface area contributed by atoms with Crippen LogP contribution in [0.4, 0.5) is 0 Å². The van der Waals surface area contributed by atoms with Crippen LogP contribution in [0.1, 0.15) is 39.3 Å². The van der Waals surface area contributed by atoms with Crippen LogP contribution in [0.5, 0.6) is 5.75 Å². The lowest BCUT2D eigenvalue weighted by Gasteiger charge is -2.21. The van der Waals surface area contributed by atoms with Gasteiger partial charge in [-0.05, 0) is 44.5 Å². The van der Waals surface area contributed by atoms with Gasteiger partial charge in [-0.1, -0.05) is 26.0 Å². The highest BCUT2D eigenvalue weighted by Gasteiger charge is 2.13. The summed E-state index contributed by atoms with van der Waals surface area (Å²) in [5.74, 6) is 1.52. The van der Waals surface area contributed by atoms with Crippen LogP contribution < -0.4 is 10.1 Å². The monoisotopic (exact) mass is 221 g/mol. The Bertz CT molecular complexity index is 320. The van der Waals surface area contributed by atoms with Crippen molar-refractivity contribution in [3.05, 3.63) is 29.8 Å². The zero-order chi connectivity index (χ0) is 12.1. The first kappa shape index (κ1) is 13.0. The molecule has 0 fully saturated rings. The summed E-state index contributed by atoms with van der Waals surface area (Å²) in [4.78, 5) is 0. The van der Waals surface area contributed by atoms with E-state index in [1.807, 2.05) is 27.0 Å². The third-order valence-electron chi connectivity index (χ3n) is 2.57. The Morgan fingerprint density at radius 1 is 1.12 bits per heavy atom. The van der Waals surface area contributed by atoms with Gasteiger partial charge in [0, 0.05) is 6.04 Å². The number of hydrogen-bond donors (Lipinski definition) is 1. The fourth-order valence-electron chi connectivity index (χ4n) is 1.94. The fourth-order valence-corrected chi connectivity index (χ4v) is 1.94. The molecule has 1 aromatic carbocycles. The molecule has 1 aromatic rings. The standard InChI is InChI=1S/C14H23NO/c1-10(2)14(15-5)12-7-6-8-13(9-12)16-11(3)4/h6-11,14-15H,1-5H3. The van der Waals surface area contributed by atoms with Crippen LogP contribution in [0.25, 0.3) is 0 Å². The molecule has 0 heterocycles. The van der Waals surface area contributed by atoms with Gasteiger partial charge in [-0.2, -0.15) is 0 Å². The maximum absolute atomic E-state index is 5.70. The molecule has 90 valence electrons. The van der Waals surface area contributed by atoms with Crippen molar-refractivity contribution >= 4 is 0 Å². The summed E-state index contributed by atoms with van der Waals surface area (Å²) in [6.07, 6.45) is 0.224. The average Bonchev–Trinajstić information content (AvgIpc) is 2.17. The van der Waals surface area contributed by atoms with Crippen LogP contribution >= 0.6 is 0 Å². The first-order valence-corrected chi connectivity index (χ1v) is 5.98. The van der Waals surface area contributed by atoms with Crippen molar-refractivity contribution in [2.24, 2.45) is 5.92 Å². The van der Waals surface area contributed by atoms with E-state index in [0.717, 1.165) is 5.75 Å². The van der Waals surface area contributed by atoms with Gasteiger partial charge in [0.2, 0.25) is 0 Å². The first-order valence-electron chi connectivity index (χ1n) is 5.98. The quantitative estimate of drug-likeness (QED) is 0.823. The summed E-state index contributed by atoms with van der Waals surface area (Å²) in [6, 6.07) is 8.72. The molecule has 2 heteroatoms. The Labute approximate surface area is 99.0 Å². The van der Waals surface area contributed by atoms with Gasteiger partial charge in [-0.25, -0.2) is 0 Å². The zero-order valence-corrected chi connectivity index (χ0v) is 10.9. The van der Waals surface area contributed by atoms with Crippen LogP contribution in [-0.2, 0) is 0 Å². The molecule has 16 heavy (non-hydrogen) atoms. The molecule has 0 aliphatic rings. The van der Waals surface area contributed by atoms with E-state index < -0.39 is 0 Å². The topological polar surface area (TPSA) is 21.3 Å². The van der Waals surface area contributed by atoms with Crippen LogP contribution in [0.15, 0.2) is 24.3 Å². The van der Waals surface area contributed by atoms with E-state index >= 15 is 0 Å². The number of ether oxygens (including phenoxy) is 1. The third kappa shape index (κ3) is 3.53. The molecule has 1 atom stereocenters. The number of benzene rings is 1. The molecule has 0 aromatic heterocycles. The molecule has 1 rings (SSSR count). The minimum atomic E-state index is 0.224. The summed E-state index contributed by atoms with van der Waals surface area (Å²) in [5.41, 5.74) is 1.29. The zero-order valence-electron chi connectivity index (χ0n) is 10.9. The van der Waals surface area contributed by atoms with Crippen molar-refractivity contribution in [1.29, 1.82) is 0 Å². The molecule has 1 unspecified atom stereocenters. The second-order valence-corrected chi connectivity index (χ2v) is 4.75. The summed E-state index contributed by atoms with van der Waals surface area (Å²) < 4.78 is 5.70. The molecule has 0 spiro atoms. The van der Waals surface area contributed by atoms with E-state index in [9.17, 15) is 0 Å². The van der Waals surface area contributed by atoms with Gasteiger partial charge in [-0.15, -0.1) is 0 Å². The molecule has 0 bridgehead atoms. The van der Waals surface area contributed by atoms with E-state index in [2.05, 4.69) is 37.4 Å². The highest BCUT2D eigenvalue weighted by molar-refractivity contribution is 5.31. The SMILES string of the molecule is CNC(c1cccc(OC(C)C)c1)C(C)C. The smallest absolute Gasteiger partial charge is 0.120 e. The molecule has 0 aliphatic heterocycles. The lowest BCUT2D eigenvalue weighted by molar-refractivity contribution is 0.242. The normalized spacial score (nSPS) is 13.2. The van der Waals surface area contributed by atoms with Crippen molar-refractivity contribution in [3.63, 3.8) is 0 Å². The molecule has 2 nitrogen and oxygen atoms in total. The first-order chi connectivity index (χ1) is 7.54. The van der Waals surface area contributed by atoms with Crippen LogP contribution in [0.3, 0.4) is 0 Å². The molecule has 0 saturated carbocycles. The van der Waals surface area contributed by atoms with Crippen LogP contribution in [-0.4, -0.2) is 13.2 Å². The minimum absolute atomic E-state index is 0.224. The van der Waals surface area contributed by atoms with Crippen molar-refractivity contribution in [1.82, 2.24) is 5.32 Å². The predicted molar refractivity (Wildman–Crippen MR) is 68.8 cm³/mol. The highest BCUT2D eigenvalue weighted by Crippen LogP contribution is 2.25. The van der Waals surface area contributed by atoms with E-state index in [1.54, 1.807) is 0 Å². The molecule has 0 radical (unpaired) electrons. The van der Waals surface area contributed by atoms with Crippen molar-refractivity contribution < 1.29 is 4.74 Å². The van der Waals surface area contributed by atoms with Gasteiger partial charge in [0.1, 0.15) is 5.75 Å². The Hall–Kier alpha value is -1.02. The van der Waals surface area contributed by atoms with Crippen LogP contribution in [0, 0.1) is 5.92 Å². The Kier molecular flexibility index (Phi) is 4.81. The lowest BCUT2D eigenvalue weighted by Crippen LogP contribution is -2.21. The Morgan fingerprint density at radius 2 is 1.81 bits per heavy atom. The minimum Gasteiger partial charge on any atom is -0.491 e. The van der Waals surface area contributed by atoms with Crippen LogP contribution in [0.2, 0.25) is 0 Å². The molecule has 0 saturated heterocycles. The molecular weight excluding hydrogens is 198 g/mol. The number of rotatable bonds is 5. The van der Waals surface area contributed by atoms with E-state index in [-0.39, 0.29) is 6.10 Å². The maximum atomic E-state index is 5.70. The van der Waals surface area contributed by atoms with Gasteiger partial charge < -0.3 is 10.1 Å². The van der Waals surface area contributed by atoms with Gasteiger partial charge in [0.15, 0.2) is 0 Å². The molecule has 0 amide bonds. The molecule has 1 N–H and O–H groups in total.